The smallest absolute Gasteiger partial charge is 0.333 e. The van der Waals surface area contributed by atoms with Gasteiger partial charge in [0.1, 0.15) is 5.58 Å². The molecule has 0 radical (unpaired) electrons. The number of benzene rings is 7. The number of anilines is 2. The second-order valence-corrected chi connectivity index (χ2v) is 25.0. The van der Waals surface area contributed by atoms with Crippen LogP contribution in [0.1, 0.15) is 110 Å². The summed E-state index contributed by atoms with van der Waals surface area (Å²) in [6.45, 7) is 26.2. The first-order valence-electron chi connectivity index (χ1n) is 23.6. The summed E-state index contributed by atoms with van der Waals surface area (Å²) >= 11 is 3.83. The predicted molar refractivity (Wildman–Crippen MR) is 279 cm³/mol. The maximum atomic E-state index is 7.20. The van der Waals surface area contributed by atoms with E-state index in [4.69, 9.17) is 4.42 Å². The topological polar surface area (TPSA) is 21.3 Å². The van der Waals surface area contributed by atoms with E-state index in [0.29, 0.717) is 0 Å². The summed E-state index contributed by atoms with van der Waals surface area (Å²) in [6.07, 6.45) is 2.35. The van der Waals surface area contributed by atoms with Gasteiger partial charge in [0.15, 0.2) is 5.58 Å². The van der Waals surface area contributed by atoms with Gasteiger partial charge in [0, 0.05) is 58.1 Å². The van der Waals surface area contributed by atoms with Crippen LogP contribution in [0.2, 0.25) is 0 Å². The first kappa shape index (κ1) is 40.0. The van der Waals surface area contributed by atoms with Crippen molar-refractivity contribution in [2.45, 2.75) is 130 Å². The number of para-hydroxylation sites is 1. The van der Waals surface area contributed by atoms with Crippen molar-refractivity contribution in [2.24, 2.45) is 0 Å². The second kappa shape index (κ2) is 13.0. The molecule has 0 amide bonds. The summed E-state index contributed by atoms with van der Waals surface area (Å²) < 4.78 is 9.82. The molecular weight excluding hydrogens is 828 g/mol. The molecule has 0 saturated carbocycles. The lowest BCUT2D eigenvalue weighted by atomic mass is 9.43. The predicted octanol–water partition coefficient (Wildman–Crippen LogP) is 15.8. The zero-order valence-corrected chi connectivity index (χ0v) is 41.1. The molecule has 0 saturated heterocycles. The van der Waals surface area contributed by atoms with Crippen LogP contribution in [0.25, 0.3) is 60.6 Å². The molecule has 1 aliphatic carbocycles. The number of fused-ring (bicyclic) bond motifs is 14. The number of furan rings is 1. The highest BCUT2D eigenvalue weighted by Gasteiger charge is 2.48. The molecule has 9 aromatic rings. The molecule has 65 heavy (non-hydrogen) atoms. The third-order valence-electron chi connectivity index (χ3n) is 15.7. The second-order valence-electron chi connectivity index (χ2n) is 22.9. The van der Waals surface area contributed by atoms with Gasteiger partial charge < -0.3 is 13.8 Å². The van der Waals surface area contributed by atoms with Crippen LogP contribution in [0.3, 0.4) is 0 Å². The van der Waals surface area contributed by atoms with Crippen molar-refractivity contribution < 1.29 is 4.42 Å². The van der Waals surface area contributed by atoms with E-state index in [-0.39, 0.29) is 28.5 Å². The molecule has 0 unspecified atom stereocenters. The Morgan fingerprint density at radius 1 is 0.585 bits per heavy atom. The molecule has 3 aliphatic heterocycles. The van der Waals surface area contributed by atoms with Gasteiger partial charge in [0.05, 0.1) is 16.7 Å². The van der Waals surface area contributed by atoms with Crippen LogP contribution in [0, 0.1) is 6.92 Å². The standard InChI is InChI=1S/C59H55BN2OS2/c1-32-24-41-42(59(10,11)23-22-58(41,8)9)30-45(32)62-46-31-51-50(64-48-18-14-15-19-49(48)65-51)29-37(46)38-28-40-35-16-12-13-17-47(35)63-55(40)54-52(38)60(62)43-27-34(57(5,6)7)26-39-36-25-33(56(2,3)4)20-21-44(36)61(54)53(39)43/h12-21,24-31H,22-23H2,1-11H3. The first-order chi connectivity index (χ1) is 30.9. The quantitative estimate of drug-likeness (QED) is 0.153. The molecule has 0 N–H and O–H groups in total. The van der Waals surface area contributed by atoms with E-state index in [9.17, 15) is 0 Å². The monoisotopic (exact) mass is 882 g/mol. The van der Waals surface area contributed by atoms with Crippen molar-refractivity contribution in [3.8, 4) is 16.8 Å². The van der Waals surface area contributed by atoms with Gasteiger partial charge in [0.25, 0.3) is 0 Å². The van der Waals surface area contributed by atoms with Crippen molar-refractivity contribution in [1.82, 2.24) is 4.57 Å². The van der Waals surface area contributed by atoms with Crippen molar-refractivity contribution in [3.05, 3.63) is 137 Å². The maximum absolute atomic E-state index is 7.20. The molecular formula is C59H55BN2OS2. The van der Waals surface area contributed by atoms with Gasteiger partial charge in [-0.2, -0.15) is 0 Å². The number of rotatable bonds is 1. The van der Waals surface area contributed by atoms with Crippen molar-refractivity contribution >= 4 is 96.4 Å². The van der Waals surface area contributed by atoms with Crippen LogP contribution in [0.4, 0.5) is 11.4 Å². The highest BCUT2D eigenvalue weighted by atomic mass is 32.2. The van der Waals surface area contributed by atoms with Gasteiger partial charge in [-0.05, 0) is 146 Å². The third-order valence-corrected chi connectivity index (χ3v) is 18.2. The van der Waals surface area contributed by atoms with E-state index < -0.39 is 0 Å². The molecule has 0 spiro atoms. The summed E-state index contributed by atoms with van der Waals surface area (Å²) in [7, 11) is 0. The lowest BCUT2D eigenvalue weighted by molar-refractivity contribution is 0.332. The summed E-state index contributed by atoms with van der Waals surface area (Å²) in [5.41, 5.74) is 20.5. The fraction of sp³-hybridized carbons (Fsp3) is 0.288. The number of aryl methyl sites for hydroxylation is 1. The van der Waals surface area contributed by atoms with Gasteiger partial charge >= 0.3 is 6.85 Å². The zero-order chi connectivity index (χ0) is 44.9. The number of hydrogen-bond acceptors (Lipinski definition) is 4. The van der Waals surface area contributed by atoms with E-state index in [1.807, 2.05) is 23.5 Å². The lowest BCUT2D eigenvalue weighted by Crippen LogP contribution is -2.61. The van der Waals surface area contributed by atoms with Crippen molar-refractivity contribution in [1.29, 1.82) is 0 Å². The Hall–Kier alpha value is -5.30. The Balaban J connectivity index is 1.23. The van der Waals surface area contributed by atoms with E-state index in [1.54, 1.807) is 0 Å². The SMILES string of the molecule is Cc1cc2c(cc1N1B3c4c(cc5c(oc6ccccc65)c4-n4c5ccc(C(C)(C)C)cc5c5cc(C(C)(C)C)cc3c54)-c3cc4c(cc31)Sc1ccccc1S4)C(C)(C)CCC2(C)C. The highest BCUT2D eigenvalue weighted by Crippen LogP contribution is 2.56. The average Bonchev–Trinajstić information content (AvgIpc) is 3.80. The Labute approximate surface area is 392 Å². The minimum Gasteiger partial charge on any atom is -0.454 e. The number of hydrogen-bond donors (Lipinski definition) is 0. The van der Waals surface area contributed by atoms with E-state index >= 15 is 0 Å². The van der Waals surface area contributed by atoms with Crippen LogP contribution in [-0.2, 0) is 21.7 Å². The molecule has 13 rings (SSSR count). The van der Waals surface area contributed by atoms with E-state index in [1.165, 1.54) is 120 Å². The zero-order valence-electron chi connectivity index (χ0n) is 39.5. The summed E-state index contributed by atoms with van der Waals surface area (Å²) in [6, 6.07) is 42.7. The summed E-state index contributed by atoms with van der Waals surface area (Å²) in [5.74, 6) is 0. The van der Waals surface area contributed by atoms with Crippen molar-refractivity contribution in [3.63, 3.8) is 0 Å². The minimum atomic E-state index is -0.128. The molecule has 3 nitrogen and oxygen atoms in total. The molecule has 2 aromatic heterocycles. The molecule has 0 atom stereocenters. The fourth-order valence-corrected chi connectivity index (χ4v) is 14.1. The fourth-order valence-electron chi connectivity index (χ4n) is 11.9. The molecule has 322 valence electrons. The van der Waals surface area contributed by atoms with Crippen LogP contribution in [0.5, 0.6) is 0 Å². The van der Waals surface area contributed by atoms with Crippen molar-refractivity contribution in [2.75, 3.05) is 4.81 Å². The third kappa shape index (κ3) is 5.53. The summed E-state index contributed by atoms with van der Waals surface area (Å²) in [4.78, 5) is 8.08. The van der Waals surface area contributed by atoms with Gasteiger partial charge in [-0.25, -0.2) is 0 Å². The molecule has 4 aliphatic rings. The van der Waals surface area contributed by atoms with Gasteiger partial charge in [-0.3, -0.25) is 0 Å². The van der Waals surface area contributed by atoms with Gasteiger partial charge in [-0.15, -0.1) is 0 Å². The molecule has 0 bridgehead atoms. The van der Waals surface area contributed by atoms with Crippen LogP contribution >= 0.6 is 23.5 Å². The molecule has 7 aromatic carbocycles. The maximum Gasteiger partial charge on any atom is 0.333 e. The Morgan fingerprint density at radius 2 is 1.23 bits per heavy atom. The van der Waals surface area contributed by atoms with Crippen LogP contribution in [0.15, 0.2) is 133 Å². The minimum absolute atomic E-state index is 0.00461. The highest BCUT2D eigenvalue weighted by molar-refractivity contribution is 8.05. The Kier molecular flexibility index (Phi) is 7.99. The number of aromatic nitrogens is 1. The van der Waals surface area contributed by atoms with E-state index in [0.717, 1.165) is 23.0 Å². The van der Waals surface area contributed by atoms with Gasteiger partial charge in [0.2, 0.25) is 0 Å². The van der Waals surface area contributed by atoms with Crippen LogP contribution < -0.4 is 15.7 Å². The number of nitrogens with zero attached hydrogens (tertiary/aromatic N) is 2. The Bertz CT molecular complexity index is 3610. The molecule has 5 heterocycles. The Morgan fingerprint density at radius 3 is 1.94 bits per heavy atom. The molecule has 0 fully saturated rings. The normalized spacial score (nSPS) is 16.8. The van der Waals surface area contributed by atoms with E-state index in [2.05, 4.69) is 195 Å². The van der Waals surface area contributed by atoms with Crippen LogP contribution in [-0.4, -0.2) is 11.4 Å². The molecule has 6 heteroatoms. The largest absolute Gasteiger partial charge is 0.454 e. The average molecular weight is 883 g/mol. The lowest BCUT2D eigenvalue weighted by Gasteiger charge is -2.46. The van der Waals surface area contributed by atoms with Gasteiger partial charge in [-0.1, -0.05) is 141 Å². The first-order valence-corrected chi connectivity index (χ1v) is 25.2. The summed E-state index contributed by atoms with van der Waals surface area (Å²) in [5, 5.41) is 4.95.